The summed E-state index contributed by atoms with van der Waals surface area (Å²) in [6.07, 6.45) is -0.958. The number of nitrogens with zero attached hydrogens (tertiary/aromatic N) is 2. The average molecular weight is 284 g/mol. The Labute approximate surface area is 117 Å². The molecule has 0 saturated heterocycles. The van der Waals surface area contributed by atoms with Gasteiger partial charge in [0.2, 0.25) is 0 Å². The highest BCUT2D eigenvalue weighted by atomic mass is 16.6. The van der Waals surface area contributed by atoms with Gasteiger partial charge in [0.05, 0.1) is 29.8 Å². The second kappa shape index (κ2) is 7.06. The molecule has 1 aromatic carbocycles. The molecule has 1 unspecified atom stereocenters. The molecule has 0 saturated carbocycles. The number of hydrogen-bond acceptors (Lipinski definition) is 6. The Morgan fingerprint density at radius 2 is 2.05 bits per heavy atom. The van der Waals surface area contributed by atoms with Gasteiger partial charge in [-0.3, -0.25) is 10.1 Å². The van der Waals surface area contributed by atoms with Gasteiger partial charge in [0.15, 0.2) is 11.5 Å². The molecular weight excluding hydrogens is 264 g/mol. The summed E-state index contributed by atoms with van der Waals surface area (Å²) in [5.41, 5.74) is 0.0208. The van der Waals surface area contributed by atoms with Gasteiger partial charge >= 0.3 is 0 Å². The van der Waals surface area contributed by atoms with E-state index in [2.05, 4.69) is 0 Å². The molecule has 1 N–H and O–H groups in total. The second-order valence-corrected chi connectivity index (χ2v) is 4.65. The summed E-state index contributed by atoms with van der Waals surface area (Å²) in [4.78, 5) is 12.4. The lowest BCUT2D eigenvalue weighted by Crippen LogP contribution is -2.19. The SMILES string of the molecule is COc1cc(C(C)O)c([N+](=O)[O-])cc1OCCN(C)C. The van der Waals surface area contributed by atoms with Crippen LogP contribution >= 0.6 is 0 Å². The van der Waals surface area contributed by atoms with Crippen LogP contribution in [0.15, 0.2) is 12.1 Å². The van der Waals surface area contributed by atoms with Gasteiger partial charge in [-0.25, -0.2) is 0 Å². The molecule has 7 heteroatoms. The van der Waals surface area contributed by atoms with Crippen molar-refractivity contribution in [3.63, 3.8) is 0 Å². The first kappa shape index (κ1) is 16.2. The van der Waals surface area contributed by atoms with Crippen LogP contribution in [0, 0.1) is 10.1 Å². The van der Waals surface area contributed by atoms with Crippen LogP contribution in [0.2, 0.25) is 0 Å². The maximum atomic E-state index is 11.0. The number of likely N-dealkylation sites (N-methyl/N-ethyl adjacent to an activating group) is 1. The Bertz CT molecular complexity index is 474. The van der Waals surface area contributed by atoms with Gasteiger partial charge in [-0.05, 0) is 27.1 Å². The average Bonchev–Trinajstić information content (AvgIpc) is 2.37. The first-order valence-electron chi connectivity index (χ1n) is 6.18. The minimum absolute atomic E-state index is 0.180. The Morgan fingerprint density at radius 3 is 2.50 bits per heavy atom. The van der Waals surface area contributed by atoms with Gasteiger partial charge in [-0.2, -0.15) is 0 Å². The Balaban J connectivity index is 3.10. The maximum absolute atomic E-state index is 11.0. The highest BCUT2D eigenvalue weighted by Gasteiger charge is 2.22. The third-order valence-electron chi connectivity index (χ3n) is 2.76. The summed E-state index contributed by atoms with van der Waals surface area (Å²) >= 11 is 0. The Hall–Kier alpha value is -1.86. The lowest BCUT2D eigenvalue weighted by atomic mass is 10.1. The molecule has 112 valence electrons. The van der Waals surface area contributed by atoms with Crippen molar-refractivity contribution in [1.29, 1.82) is 0 Å². The zero-order chi connectivity index (χ0) is 15.3. The fourth-order valence-electron chi connectivity index (χ4n) is 1.67. The molecule has 0 bridgehead atoms. The van der Waals surface area contributed by atoms with Crippen LogP contribution in [0.4, 0.5) is 5.69 Å². The van der Waals surface area contributed by atoms with E-state index >= 15 is 0 Å². The molecule has 1 aromatic rings. The predicted molar refractivity (Wildman–Crippen MR) is 74.3 cm³/mol. The number of benzene rings is 1. The summed E-state index contributed by atoms with van der Waals surface area (Å²) in [5.74, 6) is 0.663. The van der Waals surface area contributed by atoms with E-state index in [1.807, 2.05) is 19.0 Å². The molecule has 0 aromatic heterocycles. The van der Waals surface area contributed by atoms with Gasteiger partial charge in [-0.1, -0.05) is 0 Å². The van der Waals surface area contributed by atoms with Crippen LogP contribution in [0.25, 0.3) is 0 Å². The van der Waals surface area contributed by atoms with Crippen LogP contribution in [-0.4, -0.2) is 49.3 Å². The van der Waals surface area contributed by atoms with Crippen molar-refractivity contribution in [3.05, 3.63) is 27.8 Å². The van der Waals surface area contributed by atoms with Crippen molar-refractivity contribution in [2.24, 2.45) is 0 Å². The van der Waals surface area contributed by atoms with Crippen LogP contribution in [0.1, 0.15) is 18.6 Å². The molecule has 0 heterocycles. The monoisotopic (exact) mass is 284 g/mol. The highest BCUT2D eigenvalue weighted by Crippen LogP contribution is 2.37. The number of ether oxygens (including phenoxy) is 2. The minimum Gasteiger partial charge on any atom is -0.493 e. The van der Waals surface area contributed by atoms with Crippen LogP contribution < -0.4 is 9.47 Å². The molecule has 0 aliphatic heterocycles. The van der Waals surface area contributed by atoms with E-state index in [-0.39, 0.29) is 11.3 Å². The maximum Gasteiger partial charge on any atom is 0.279 e. The number of rotatable bonds is 7. The molecule has 1 atom stereocenters. The predicted octanol–water partition coefficient (Wildman–Crippen LogP) is 1.60. The van der Waals surface area contributed by atoms with E-state index in [4.69, 9.17) is 9.47 Å². The summed E-state index contributed by atoms with van der Waals surface area (Å²) in [6, 6.07) is 2.73. The smallest absolute Gasteiger partial charge is 0.279 e. The summed E-state index contributed by atoms with van der Waals surface area (Å²) in [7, 11) is 5.25. The van der Waals surface area contributed by atoms with Crippen LogP contribution in [0.3, 0.4) is 0 Å². The van der Waals surface area contributed by atoms with Crippen molar-refractivity contribution < 1.29 is 19.5 Å². The largest absolute Gasteiger partial charge is 0.493 e. The van der Waals surface area contributed by atoms with Crippen LogP contribution in [-0.2, 0) is 0 Å². The fourth-order valence-corrected chi connectivity index (χ4v) is 1.67. The second-order valence-electron chi connectivity index (χ2n) is 4.65. The molecule has 20 heavy (non-hydrogen) atoms. The molecule has 0 aliphatic rings. The standard InChI is InChI=1S/C13H20N2O5/c1-9(16)10-7-12(19-4)13(8-11(10)15(17)18)20-6-5-14(2)3/h7-9,16H,5-6H2,1-4H3. The van der Waals surface area contributed by atoms with Crippen molar-refractivity contribution in [2.75, 3.05) is 34.4 Å². The number of hydrogen-bond donors (Lipinski definition) is 1. The van der Waals surface area contributed by atoms with Gasteiger partial charge < -0.3 is 19.5 Å². The Morgan fingerprint density at radius 1 is 1.40 bits per heavy atom. The molecular formula is C13H20N2O5. The number of aliphatic hydroxyl groups excluding tert-OH is 1. The lowest BCUT2D eigenvalue weighted by molar-refractivity contribution is -0.386. The summed E-state index contributed by atoms with van der Waals surface area (Å²) in [5, 5.41) is 20.7. The van der Waals surface area contributed by atoms with E-state index < -0.39 is 11.0 Å². The van der Waals surface area contributed by atoms with Crippen molar-refractivity contribution in [3.8, 4) is 11.5 Å². The van der Waals surface area contributed by atoms with E-state index in [1.165, 1.54) is 26.2 Å². The number of aliphatic hydroxyl groups is 1. The zero-order valence-electron chi connectivity index (χ0n) is 12.1. The van der Waals surface area contributed by atoms with Gasteiger partial charge in [-0.15, -0.1) is 0 Å². The summed E-state index contributed by atoms with van der Waals surface area (Å²) in [6.45, 7) is 2.53. The first-order chi connectivity index (χ1) is 9.36. The van der Waals surface area contributed by atoms with Crippen molar-refractivity contribution >= 4 is 5.69 Å². The van der Waals surface area contributed by atoms with E-state index in [1.54, 1.807) is 0 Å². The van der Waals surface area contributed by atoms with Crippen molar-refractivity contribution in [2.45, 2.75) is 13.0 Å². The molecule has 1 rings (SSSR count). The van der Waals surface area contributed by atoms with Gasteiger partial charge in [0, 0.05) is 6.54 Å². The third kappa shape index (κ3) is 4.07. The normalized spacial score (nSPS) is 12.3. The zero-order valence-corrected chi connectivity index (χ0v) is 12.1. The van der Waals surface area contributed by atoms with Crippen LogP contribution in [0.5, 0.6) is 11.5 Å². The van der Waals surface area contributed by atoms with E-state index in [0.29, 0.717) is 24.7 Å². The molecule has 0 radical (unpaired) electrons. The molecule has 0 amide bonds. The fraction of sp³-hybridized carbons (Fsp3) is 0.538. The topological polar surface area (TPSA) is 85.1 Å². The molecule has 7 nitrogen and oxygen atoms in total. The Kier molecular flexibility index (Phi) is 5.72. The minimum atomic E-state index is -0.958. The first-order valence-corrected chi connectivity index (χ1v) is 6.18. The van der Waals surface area contributed by atoms with Crippen molar-refractivity contribution in [1.82, 2.24) is 4.90 Å². The van der Waals surface area contributed by atoms with E-state index in [0.717, 1.165) is 0 Å². The number of nitro groups is 1. The van der Waals surface area contributed by atoms with Gasteiger partial charge in [0.1, 0.15) is 6.61 Å². The quantitative estimate of drug-likeness (QED) is 0.604. The third-order valence-corrected chi connectivity index (χ3v) is 2.76. The highest BCUT2D eigenvalue weighted by molar-refractivity contribution is 5.55. The number of methoxy groups -OCH3 is 1. The molecule has 0 aliphatic carbocycles. The van der Waals surface area contributed by atoms with Gasteiger partial charge in [0.25, 0.3) is 5.69 Å². The lowest BCUT2D eigenvalue weighted by Gasteiger charge is -2.15. The number of nitro benzene ring substituents is 1. The molecule has 0 fully saturated rings. The summed E-state index contributed by atoms with van der Waals surface area (Å²) < 4.78 is 10.7. The molecule has 0 spiro atoms. The van der Waals surface area contributed by atoms with E-state index in [9.17, 15) is 15.2 Å².